The van der Waals surface area contributed by atoms with Gasteiger partial charge in [-0.3, -0.25) is 14.2 Å². The van der Waals surface area contributed by atoms with Crippen LogP contribution in [0.2, 0.25) is 0 Å². The van der Waals surface area contributed by atoms with E-state index < -0.39 is 0 Å². The molecule has 3 aromatic rings. The van der Waals surface area contributed by atoms with Crippen molar-refractivity contribution in [2.45, 2.75) is 52.4 Å². The number of thioether (sulfide) groups is 1. The third-order valence-corrected chi connectivity index (χ3v) is 6.72. The Morgan fingerprint density at radius 2 is 1.89 bits per heavy atom. The lowest BCUT2D eigenvalue weighted by Gasteiger charge is -2.15. The minimum absolute atomic E-state index is 0.0237. The third kappa shape index (κ3) is 4.31. The van der Waals surface area contributed by atoms with Gasteiger partial charge in [-0.2, -0.15) is 0 Å². The number of benzene rings is 1. The SMILES string of the molecule is Cc1ccc(CNC(=O)CSc2nc3sc(C)c(C)c3c(=O)n2C(C)C)cc1. The van der Waals surface area contributed by atoms with Crippen LogP contribution in [0.5, 0.6) is 0 Å². The number of nitrogens with one attached hydrogen (secondary N) is 1. The Hall–Kier alpha value is -2.12. The van der Waals surface area contributed by atoms with E-state index in [1.165, 1.54) is 28.7 Å². The van der Waals surface area contributed by atoms with E-state index in [1.54, 1.807) is 4.57 Å². The normalized spacial score (nSPS) is 11.4. The fraction of sp³-hybridized carbons (Fsp3) is 0.381. The summed E-state index contributed by atoms with van der Waals surface area (Å²) in [6.07, 6.45) is 0. The number of rotatable bonds is 6. The van der Waals surface area contributed by atoms with Gasteiger partial charge in [-0.25, -0.2) is 4.98 Å². The lowest BCUT2D eigenvalue weighted by molar-refractivity contribution is -0.118. The van der Waals surface area contributed by atoms with E-state index >= 15 is 0 Å². The number of nitrogens with zero attached hydrogens (tertiary/aromatic N) is 2. The minimum atomic E-state index is -0.0752. The zero-order chi connectivity index (χ0) is 20.4. The largest absolute Gasteiger partial charge is 0.351 e. The van der Waals surface area contributed by atoms with Crippen molar-refractivity contribution >= 4 is 39.2 Å². The van der Waals surface area contributed by atoms with Gasteiger partial charge < -0.3 is 5.32 Å². The van der Waals surface area contributed by atoms with Crippen LogP contribution in [0.1, 0.15) is 41.5 Å². The Morgan fingerprint density at radius 1 is 1.21 bits per heavy atom. The molecular formula is C21H25N3O2S2. The van der Waals surface area contributed by atoms with E-state index in [-0.39, 0.29) is 23.3 Å². The summed E-state index contributed by atoms with van der Waals surface area (Å²) >= 11 is 2.84. The van der Waals surface area contributed by atoms with E-state index in [1.807, 2.05) is 58.9 Å². The molecule has 0 saturated heterocycles. The summed E-state index contributed by atoms with van der Waals surface area (Å²) in [6, 6.07) is 8.05. The second-order valence-electron chi connectivity index (χ2n) is 7.18. The van der Waals surface area contributed by atoms with Crippen LogP contribution >= 0.6 is 23.1 Å². The average molecular weight is 416 g/mol. The molecule has 5 nitrogen and oxygen atoms in total. The number of fused-ring (bicyclic) bond motifs is 1. The first-order valence-electron chi connectivity index (χ1n) is 9.25. The maximum absolute atomic E-state index is 13.0. The Morgan fingerprint density at radius 3 is 2.54 bits per heavy atom. The predicted octanol–water partition coefficient (Wildman–Crippen LogP) is 4.37. The summed E-state index contributed by atoms with van der Waals surface area (Å²) in [6.45, 7) is 10.4. The zero-order valence-corrected chi connectivity index (χ0v) is 18.5. The molecule has 3 rings (SSSR count). The molecule has 1 amide bonds. The molecule has 0 saturated carbocycles. The minimum Gasteiger partial charge on any atom is -0.351 e. The molecule has 0 atom stereocenters. The molecule has 1 N–H and O–H groups in total. The molecule has 0 aliphatic rings. The van der Waals surface area contributed by atoms with Crippen molar-refractivity contribution in [2.24, 2.45) is 0 Å². The number of hydrogen-bond acceptors (Lipinski definition) is 5. The topological polar surface area (TPSA) is 64.0 Å². The van der Waals surface area contributed by atoms with Gasteiger partial charge in [0.1, 0.15) is 4.83 Å². The van der Waals surface area contributed by atoms with Crippen molar-refractivity contribution in [3.63, 3.8) is 0 Å². The van der Waals surface area contributed by atoms with Gasteiger partial charge in [0.05, 0.1) is 11.1 Å². The number of thiophene rings is 1. The van der Waals surface area contributed by atoms with Gasteiger partial charge in [-0.1, -0.05) is 41.6 Å². The Kier molecular flexibility index (Phi) is 6.25. The van der Waals surface area contributed by atoms with Crippen molar-refractivity contribution in [1.82, 2.24) is 14.9 Å². The molecule has 7 heteroatoms. The summed E-state index contributed by atoms with van der Waals surface area (Å²) < 4.78 is 1.69. The molecule has 0 radical (unpaired) electrons. The summed E-state index contributed by atoms with van der Waals surface area (Å²) in [5.74, 6) is 0.147. The van der Waals surface area contributed by atoms with Gasteiger partial charge in [-0.15, -0.1) is 11.3 Å². The van der Waals surface area contributed by atoms with E-state index in [9.17, 15) is 9.59 Å². The molecule has 0 aliphatic carbocycles. The molecule has 0 unspecified atom stereocenters. The summed E-state index contributed by atoms with van der Waals surface area (Å²) in [7, 11) is 0. The molecule has 0 spiro atoms. The van der Waals surface area contributed by atoms with E-state index in [4.69, 9.17) is 4.98 Å². The standard InChI is InChI=1S/C21H25N3O2S2/c1-12(2)24-20(26)18-14(4)15(5)28-19(18)23-21(24)27-11-17(25)22-10-16-8-6-13(3)7-9-16/h6-9,12H,10-11H2,1-5H3,(H,22,25). The van der Waals surface area contributed by atoms with Gasteiger partial charge in [0, 0.05) is 17.5 Å². The van der Waals surface area contributed by atoms with Gasteiger partial charge in [0.2, 0.25) is 5.91 Å². The van der Waals surface area contributed by atoms with E-state index in [2.05, 4.69) is 5.32 Å². The van der Waals surface area contributed by atoms with Crippen molar-refractivity contribution in [1.29, 1.82) is 0 Å². The first kappa shape index (κ1) is 20.6. The van der Waals surface area contributed by atoms with Crippen LogP contribution in [-0.2, 0) is 11.3 Å². The lowest BCUT2D eigenvalue weighted by atomic mass is 10.1. The number of carbonyl (C=O) groups is 1. The summed E-state index contributed by atoms with van der Waals surface area (Å²) in [5.41, 5.74) is 3.23. The second kappa shape index (κ2) is 8.49. The highest BCUT2D eigenvalue weighted by atomic mass is 32.2. The number of aromatic nitrogens is 2. The maximum Gasteiger partial charge on any atom is 0.263 e. The van der Waals surface area contributed by atoms with Crippen LogP contribution in [0.4, 0.5) is 0 Å². The summed E-state index contributed by atoms with van der Waals surface area (Å²) in [5, 5.41) is 4.23. The Labute approximate surface area is 173 Å². The van der Waals surface area contributed by atoms with Gasteiger partial charge in [0.25, 0.3) is 5.56 Å². The molecule has 2 heterocycles. The molecule has 1 aromatic carbocycles. The van der Waals surface area contributed by atoms with Crippen LogP contribution in [0.3, 0.4) is 0 Å². The zero-order valence-electron chi connectivity index (χ0n) is 16.8. The van der Waals surface area contributed by atoms with Crippen molar-refractivity contribution < 1.29 is 4.79 Å². The molecular weight excluding hydrogens is 390 g/mol. The highest BCUT2D eigenvalue weighted by molar-refractivity contribution is 7.99. The fourth-order valence-corrected chi connectivity index (χ4v) is 4.96. The second-order valence-corrected chi connectivity index (χ2v) is 9.32. The van der Waals surface area contributed by atoms with Crippen LogP contribution in [0.15, 0.2) is 34.2 Å². The van der Waals surface area contributed by atoms with Crippen molar-refractivity contribution in [3.8, 4) is 0 Å². The molecule has 28 heavy (non-hydrogen) atoms. The number of amides is 1. The Balaban J connectivity index is 1.76. The smallest absolute Gasteiger partial charge is 0.263 e. The van der Waals surface area contributed by atoms with Gasteiger partial charge >= 0.3 is 0 Å². The molecule has 0 bridgehead atoms. The highest BCUT2D eigenvalue weighted by Gasteiger charge is 2.19. The van der Waals surface area contributed by atoms with Crippen molar-refractivity contribution in [2.75, 3.05) is 5.75 Å². The number of hydrogen-bond donors (Lipinski definition) is 1. The van der Waals surface area contributed by atoms with E-state index in [0.717, 1.165) is 20.8 Å². The highest BCUT2D eigenvalue weighted by Crippen LogP contribution is 2.29. The van der Waals surface area contributed by atoms with Gasteiger partial charge in [-0.05, 0) is 45.7 Å². The predicted molar refractivity (Wildman–Crippen MR) is 117 cm³/mol. The molecule has 148 valence electrons. The van der Waals surface area contributed by atoms with Crippen LogP contribution < -0.4 is 10.9 Å². The van der Waals surface area contributed by atoms with Crippen LogP contribution in [0, 0.1) is 20.8 Å². The van der Waals surface area contributed by atoms with Crippen molar-refractivity contribution in [3.05, 3.63) is 56.2 Å². The summed E-state index contributed by atoms with van der Waals surface area (Å²) in [4.78, 5) is 31.9. The first-order chi connectivity index (χ1) is 13.3. The molecule has 2 aromatic heterocycles. The molecule has 0 fully saturated rings. The Bertz CT molecular complexity index is 1070. The maximum atomic E-state index is 13.0. The van der Waals surface area contributed by atoms with Crippen LogP contribution in [0.25, 0.3) is 10.2 Å². The number of carbonyl (C=O) groups excluding carboxylic acids is 1. The van der Waals surface area contributed by atoms with E-state index in [0.29, 0.717) is 17.1 Å². The quantitative estimate of drug-likeness (QED) is 0.480. The average Bonchev–Trinajstić information content (AvgIpc) is 2.93. The fourth-order valence-electron chi connectivity index (χ4n) is 2.93. The first-order valence-corrected chi connectivity index (χ1v) is 11.1. The lowest BCUT2D eigenvalue weighted by Crippen LogP contribution is -2.27. The molecule has 0 aliphatic heterocycles. The number of aryl methyl sites for hydroxylation is 3. The third-order valence-electron chi connectivity index (χ3n) is 4.66. The monoisotopic (exact) mass is 415 g/mol. The van der Waals surface area contributed by atoms with Crippen LogP contribution in [-0.4, -0.2) is 21.2 Å². The van der Waals surface area contributed by atoms with Gasteiger partial charge in [0.15, 0.2) is 5.16 Å².